The molecule has 0 unspecified atom stereocenters. The minimum Gasteiger partial charge on any atom is -0.292 e. The van der Waals surface area contributed by atoms with E-state index in [-0.39, 0.29) is 0 Å². The topological polar surface area (TPSA) is 42.2 Å². The summed E-state index contributed by atoms with van der Waals surface area (Å²) in [5, 5.41) is 2.11. The number of aromatic nitrogens is 2. The van der Waals surface area contributed by atoms with Crippen LogP contribution in [0.25, 0.3) is 17.0 Å². The van der Waals surface area contributed by atoms with E-state index in [1.54, 1.807) is 30.8 Å². The second-order valence-electron chi connectivity index (χ2n) is 5.59. The second kappa shape index (κ2) is 6.84. The van der Waals surface area contributed by atoms with Crippen molar-refractivity contribution in [3.63, 3.8) is 0 Å². The molecule has 3 rings (SSSR count). The molecular formula is C19H20N4S. The number of benzene rings is 1. The highest BCUT2D eigenvalue weighted by Crippen LogP contribution is 2.23. The van der Waals surface area contributed by atoms with E-state index in [0.29, 0.717) is 0 Å². The summed E-state index contributed by atoms with van der Waals surface area (Å²) in [6.07, 6.45) is 3.54. The SMILES string of the molecule is C=C(Nn1c(-c2ccc(C)c(C)c2)csc1=NC)c1cccnc1. The fourth-order valence-electron chi connectivity index (χ4n) is 2.42. The van der Waals surface area contributed by atoms with Crippen molar-refractivity contribution < 1.29 is 0 Å². The Morgan fingerprint density at radius 3 is 2.75 bits per heavy atom. The number of hydrogen-bond donors (Lipinski definition) is 1. The first-order chi connectivity index (χ1) is 11.6. The van der Waals surface area contributed by atoms with Gasteiger partial charge in [-0.15, -0.1) is 11.3 Å². The normalized spacial score (nSPS) is 11.5. The molecule has 0 spiro atoms. The van der Waals surface area contributed by atoms with Gasteiger partial charge in [0, 0.05) is 35.9 Å². The highest BCUT2D eigenvalue weighted by Gasteiger charge is 2.10. The van der Waals surface area contributed by atoms with Gasteiger partial charge in [-0.2, -0.15) is 0 Å². The van der Waals surface area contributed by atoms with Crippen LogP contribution in [0.5, 0.6) is 0 Å². The molecule has 0 amide bonds. The second-order valence-corrected chi connectivity index (χ2v) is 6.43. The molecule has 1 N–H and O–H groups in total. The molecule has 0 saturated heterocycles. The van der Waals surface area contributed by atoms with Crippen molar-refractivity contribution in [2.24, 2.45) is 4.99 Å². The number of thiazole rings is 1. The van der Waals surface area contributed by atoms with Gasteiger partial charge in [-0.3, -0.25) is 15.4 Å². The summed E-state index contributed by atoms with van der Waals surface area (Å²) in [5.41, 5.74) is 9.85. The van der Waals surface area contributed by atoms with Gasteiger partial charge in [-0.25, -0.2) is 4.68 Å². The van der Waals surface area contributed by atoms with E-state index in [0.717, 1.165) is 27.3 Å². The highest BCUT2D eigenvalue weighted by atomic mass is 32.1. The lowest BCUT2D eigenvalue weighted by atomic mass is 10.1. The zero-order valence-electron chi connectivity index (χ0n) is 14.1. The Kier molecular flexibility index (Phi) is 4.62. The lowest BCUT2D eigenvalue weighted by molar-refractivity contribution is 0.917. The molecule has 0 saturated carbocycles. The maximum atomic E-state index is 4.37. The number of rotatable bonds is 4. The fourth-order valence-corrected chi connectivity index (χ4v) is 3.23. The van der Waals surface area contributed by atoms with Gasteiger partial charge in [0.2, 0.25) is 4.80 Å². The Balaban J connectivity index is 2.03. The van der Waals surface area contributed by atoms with E-state index in [1.807, 2.05) is 16.8 Å². The third-order valence-electron chi connectivity index (χ3n) is 3.96. The van der Waals surface area contributed by atoms with Crippen molar-refractivity contribution >= 4 is 17.0 Å². The highest BCUT2D eigenvalue weighted by molar-refractivity contribution is 7.07. The minimum atomic E-state index is 0.779. The third kappa shape index (κ3) is 3.16. The van der Waals surface area contributed by atoms with Gasteiger partial charge in [0.25, 0.3) is 0 Å². The molecule has 0 fully saturated rings. The molecule has 0 aliphatic carbocycles. The van der Waals surface area contributed by atoms with Crippen molar-refractivity contribution in [2.75, 3.05) is 12.5 Å². The van der Waals surface area contributed by atoms with Crippen molar-refractivity contribution in [1.29, 1.82) is 0 Å². The Hall–Kier alpha value is -2.66. The van der Waals surface area contributed by atoms with Crippen molar-refractivity contribution in [3.8, 4) is 11.3 Å². The Morgan fingerprint density at radius 1 is 1.25 bits per heavy atom. The number of aryl methyl sites for hydroxylation is 2. The Bertz CT molecular complexity index is 936. The average Bonchev–Trinajstić information content (AvgIpc) is 3.00. The quantitative estimate of drug-likeness (QED) is 0.783. The third-order valence-corrected chi connectivity index (χ3v) is 4.88. The van der Waals surface area contributed by atoms with Gasteiger partial charge in [-0.05, 0) is 43.2 Å². The van der Waals surface area contributed by atoms with Crippen LogP contribution in [-0.4, -0.2) is 16.7 Å². The summed E-state index contributed by atoms with van der Waals surface area (Å²) in [5.74, 6) is 0. The van der Waals surface area contributed by atoms with Crippen LogP contribution < -0.4 is 10.2 Å². The number of hydrogen-bond acceptors (Lipinski definition) is 4. The molecule has 2 heterocycles. The maximum Gasteiger partial charge on any atom is 0.204 e. The lowest BCUT2D eigenvalue weighted by Crippen LogP contribution is -2.25. The molecule has 2 aromatic heterocycles. The number of pyridine rings is 1. The molecule has 0 radical (unpaired) electrons. The summed E-state index contributed by atoms with van der Waals surface area (Å²) < 4.78 is 1.98. The van der Waals surface area contributed by atoms with E-state index in [9.17, 15) is 0 Å². The minimum absolute atomic E-state index is 0.779. The number of nitrogens with one attached hydrogen (secondary N) is 1. The molecule has 0 atom stereocenters. The Morgan fingerprint density at radius 2 is 2.08 bits per heavy atom. The fraction of sp³-hybridized carbons (Fsp3) is 0.158. The standard InChI is InChI=1S/C19H20N4S/c1-13-7-8-16(10-14(13)2)18-12-24-19(20-4)23(18)22-15(3)17-6-5-9-21-11-17/h5-12,22H,3H2,1-2,4H3. The van der Waals surface area contributed by atoms with Gasteiger partial charge in [0.05, 0.1) is 11.4 Å². The van der Waals surface area contributed by atoms with Crippen LogP contribution in [0.2, 0.25) is 0 Å². The molecule has 122 valence electrons. The summed E-state index contributed by atoms with van der Waals surface area (Å²) in [4.78, 5) is 9.40. The van der Waals surface area contributed by atoms with Crippen molar-refractivity contribution in [3.05, 3.63) is 76.2 Å². The molecular weight excluding hydrogens is 316 g/mol. The molecule has 0 bridgehead atoms. The monoisotopic (exact) mass is 336 g/mol. The summed E-state index contributed by atoms with van der Waals surface area (Å²) >= 11 is 1.60. The van der Waals surface area contributed by atoms with Gasteiger partial charge in [0.1, 0.15) is 0 Å². The summed E-state index contributed by atoms with van der Waals surface area (Å²) in [6.45, 7) is 8.38. The molecule has 3 aromatic rings. The van der Waals surface area contributed by atoms with Crippen LogP contribution in [0.1, 0.15) is 16.7 Å². The van der Waals surface area contributed by atoms with Gasteiger partial charge in [0.15, 0.2) is 0 Å². The molecule has 4 nitrogen and oxygen atoms in total. The predicted octanol–water partition coefficient (Wildman–Crippen LogP) is 3.97. The van der Waals surface area contributed by atoms with Crippen LogP contribution in [0.3, 0.4) is 0 Å². The van der Waals surface area contributed by atoms with Gasteiger partial charge >= 0.3 is 0 Å². The number of nitrogens with zero attached hydrogens (tertiary/aromatic N) is 3. The van der Waals surface area contributed by atoms with E-state index < -0.39 is 0 Å². The average molecular weight is 336 g/mol. The van der Waals surface area contributed by atoms with Gasteiger partial charge < -0.3 is 0 Å². The van der Waals surface area contributed by atoms with Crippen molar-refractivity contribution in [2.45, 2.75) is 13.8 Å². The zero-order valence-corrected chi connectivity index (χ0v) is 14.9. The van der Waals surface area contributed by atoms with E-state index in [4.69, 9.17) is 0 Å². The molecule has 0 aliphatic heterocycles. The van der Waals surface area contributed by atoms with E-state index >= 15 is 0 Å². The van der Waals surface area contributed by atoms with Crippen molar-refractivity contribution in [1.82, 2.24) is 9.66 Å². The first-order valence-electron chi connectivity index (χ1n) is 7.67. The van der Waals surface area contributed by atoms with Crippen LogP contribution >= 0.6 is 11.3 Å². The summed E-state index contributed by atoms with van der Waals surface area (Å²) in [7, 11) is 1.79. The van der Waals surface area contributed by atoms with Crippen LogP contribution in [0.15, 0.2) is 59.7 Å². The first-order valence-corrected chi connectivity index (χ1v) is 8.55. The lowest BCUT2D eigenvalue weighted by Gasteiger charge is -2.14. The maximum absolute atomic E-state index is 4.37. The van der Waals surface area contributed by atoms with Crippen LogP contribution in [-0.2, 0) is 0 Å². The smallest absolute Gasteiger partial charge is 0.204 e. The molecule has 24 heavy (non-hydrogen) atoms. The molecule has 0 aliphatic rings. The first kappa shape index (κ1) is 16.2. The van der Waals surface area contributed by atoms with E-state index in [2.05, 4.69) is 59.4 Å². The Labute approximate surface area is 145 Å². The zero-order chi connectivity index (χ0) is 17.1. The van der Waals surface area contributed by atoms with Gasteiger partial charge in [-0.1, -0.05) is 18.7 Å². The molecule has 5 heteroatoms. The van der Waals surface area contributed by atoms with Crippen LogP contribution in [0.4, 0.5) is 0 Å². The summed E-state index contributed by atoms with van der Waals surface area (Å²) in [6, 6.07) is 10.4. The van der Waals surface area contributed by atoms with Crippen LogP contribution in [0, 0.1) is 13.8 Å². The van der Waals surface area contributed by atoms with E-state index in [1.165, 1.54) is 11.1 Å². The largest absolute Gasteiger partial charge is 0.292 e. The predicted molar refractivity (Wildman–Crippen MR) is 101 cm³/mol. The molecule has 1 aromatic carbocycles.